The highest BCUT2D eigenvalue weighted by molar-refractivity contribution is 7.98. The zero-order chi connectivity index (χ0) is 23.2. The first-order chi connectivity index (χ1) is 15.8. The van der Waals surface area contributed by atoms with Crippen LogP contribution >= 0.6 is 11.8 Å². The molecule has 7 heteroatoms. The van der Waals surface area contributed by atoms with Crippen molar-refractivity contribution in [2.24, 2.45) is 5.41 Å². The highest BCUT2D eigenvalue weighted by Crippen LogP contribution is 2.47. The van der Waals surface area contributed by atoms with Gasteiger partial charge in [0.25, 0.3) is 5.56 Å². The van der Waals surface area contributed by atoms with E-state index in [0.717, 1.165) is 11.3 Å². The number of anilines is 1. The summed E-state index contributed by atoms with van der Waals surface area (Å²) in [5.41, 5.74) is 2.85. The minimum atomic E-state index is -0.653. The van der Waals surface area contributed by atoms with Gasteiger partial charge in [-0.25, -0.2) is 9.37 Å². The molecule has 2 aromatic carbocycles. The van der Waals surface area contributed by atoms with Crippen molar-refractivity contribution in [3.05, 3.63) is 98.7 Å². The lowest BCUT2D eigenvalue weighted by Gasteiger charge is -2.38. The molecule has 0 saturated heterocycles. The monoisotopic (exact) mass is 461 g/mol. The Hall–Kier alpha value is -3.19. The molecular weight excluding hydrogens is 437 g/mol. The fourth-order valence-electron chi connectivity index (χ4n) is 4.71. The van der Waals surface area contributed by atoms with Gasteiger partial charge < -0.3 is 10.3 Å². The van der Waals surface area contributed by atoms with Gasteiger partial charge >= 0.3 is 0 Å². The number of halogens is 1. The lowest BCUT2D eigenvalue weighted by atomic mass is 9.69. The Morgan fingerprint density at radius 1 is 1.09 bits per heavy atom. The SMILES string of the molecule is CC1(C)CC(=O)C2=C(C1)Nc1nc(SCc3ccccc3)[nH]c(=O)c1[C@@H]2c1cccc(F)c1. The van der Waals surface area contributed by atoms with E-state index in [-0.39, 0.29) is 16.8 Å². The van der Waals surface area contributed by atoms with E-state index in [1.54, 1.807) is 12.1 Å². The van der Waals surface area contributed by atoms with Crippen LogP contribution in [0.1, 0.15) is 49.3 Å². The number of Topliss-reactive ketones (excluding diaryl/α,β-unsaturated/α-hetero) is 1. The summed E-state index contributed by atoms with van der Waals surface area (Å²) in [5.74, 6) is 0.0242. The number of nitrogens with one attached hydrogen (secondary N) is 2. The maximum Gasteiger partial charge on any atom is 0.257 e. The summed E-state index contributed by atoms with van der Waals surface area (Å²) in [6, 6.07) is 16.1. The number of rotatable bonds is 4. The van der Waals surface area contributed by atoms with E-state index in [9.17, 15) is 14.0 Å². The van der Waals surface area contributed by atoms with E-state index in [1.807, 2.05) is 30.3 Å². The molecule has 2 N–H and O–H groups in total. The number of carbonyl (C=O) groups excluding carboxylic acids is 1. The number of hydrogen-bond acceptors (Lipinski definition) is 5. The molecule has 33 heavy (non-hydrogen) atoms. The number of aromatic amines is 1. The summed E-state index contributed by atoms with van der Waals surface area (Å²) in [7, 11) is 0. The van der Waals surface area contributed by atoms with Crippen molar-refractivity contribution in [1.82, 2.24) is 9.97 Å². The van der Waals surface area contributed by atoms with E-state index in [4.69, 9.17) is 4.98 Å². The molecule has 5 nitrogen and oxygen atoms in total. The van der Waals surface area contributed by atoms with Crippen molar-refractivity contribution in [2.75, 3.05) is 5.32 Å². The second-order valence-corrected chi connectivity index (χ2v) is 10.3. The van der Waals surface area contributed by atoms with Crippen molar-refractivity contribution in [3.8, 4) is 0 Å². The average molecular weight is 462 g/mol. The molecule has 5 rings (SSSR count). The Morgan fingerprint density at radius 2 is 1.88 bits per heavy atom. The van der Waals surface area contributed by atoms with E-state index in [2.05, 4.69) is 24.1 Å². The van der Waals surface area contributed by atoms with Gasteiger partial charge in [0.15, 0.2) is 10.9 Å². The van der Waals surface area contributed by atoms with Gasteiger partial charge in [-0.05, 0) is 35.1 Å². The molecule has 3 aromatic rings. The Kier molecular flexibility index (Phi) is 5.44. The van der Waals surface area contributed by atoms with E-state index >= 15 is 0 Å². The number of aromatic nitrogens is 2. The van der Waals surface area contributed by atoms with Crippen molar-refractivity contribution in [3.63, 3.8) is 0 Å². The molecule has 0 unspecified atom stereocenters. The van der Waals surface area contributed by atoms with Crippen LogP contribution in [0.3, 0.4) is 0 Å². The topological polar surface area (TPSA) is 74.8 Å². The van der Waals surface area contributed by atoms with Gasteiger partial charge in [-0.3, -0.25) is 9.59 Å². The molecule has 2 heterocycles. The average Bonchev–Trinajstić information content (AvgIpc) is 2.76. The van der Waals surface area contributed by atoms with Gasteiger partial charge in [0.2, 0.25) is 0 Å². The summed E-state index contributed by atoms with van der Waals surface area (Å²) in [6.07, 6.45) is 1.03. The minimum Gasteiger partial charge on any atom is -0.343 e. The molecule has 0 amide bonds. The Labute approximate surface area is 195 Å². The number of allylic oxidation sites excluding steroid dienone is 2. The molecule has 0 radical (unpaired) electrons. The third-order valence-electron chi connectivity index (χ3n) is 6.10. The zero-order valence-electron chi connectivity index (χ0n) is 18.4. The molecule has 0 saturated carbocycles. The largest absolute Gasteiger partial charge is 0.343 e. The van der Waals surface area contributed by atoms with E-state index in [1.165, 1.54) is 23.9 Å². The van der Waals surface area contributed by atoms with Gasteiger partial charge in [0, 0.05) is 29.4 Å². The third kappa shape index (κ3) is 4.25. The summed E-state index contributed by atoms with van der Waals surface area (Å²) in [5, 5.41) is 3.80. The Balaban J connectivity index is 1.60. The van der Waals surface area contributed by atoms with Crippen LogP contribution in [0.5, 0.6) is 0 Å². The predicted molar refractivity (Wildman–Crippen MR) is 128 cm³/mol. The van der Waals surface area contributed by atoms with Crippen LogP contribution in [0.15, 0.2) is 75.8 Å². The Morgan fingerprint density at radius 3 is 2.64 bits per heavy atom. The van der Waals surface area contributed by atoms with Crippen LogP contribution in [0.4, 0.5) is 10.2 Å². The number of ketones is 1. The smallest absolute Gasteiger partial charge is 0.257 e. The lowest BCUT2D eigenvalue weighted by Crippen LogP contribution is -2.37. The lowest BCUT2D eigenvalue weighted by molar-refractivity contribution is -0.118. The number of H-pyrrole nitrogens is 1. The first kappa shape index (κ1) is 21.6. The molecule has 168 valence electrons. The molecule has 1 atom stereocenters. The fraction of sp³-hybridized carbons (Fsp3) is 0.269. The van der Waals surface area contributed by atoms with E-state index in [0.29, 0.717) is 46.3 Å². The Bertz CT molecular complexity index is 1330. The van der Waals surface area contributed by atoms with Gasteiger partial charge in [0.05, 0.1) is 5.56 Å². The molecular formula is C26H24FN3O2S. The summed E-state index contributed by atoms with van der Waals surface area (Å²) < 4.78 is 14.1. The first-order valence-corrected chi connectivity index (χ1v) is 11.9. The number of carbonyl (C=O) groups is 1. The standard InChI is InChI=1S/C26H24FN3O2S/c1-26(2)12-18-21(19(31)13-26)20(16-9-6-10-17(27)11-16)22-23(28-18)29-25(30-24(22)32)33-14-15-7-4-3-5-8-15/h3-11,20H,12-14H2,1-2H3,(H2,28,29,30,32)/t20-/m1/s1. The van der Waals surface area contributed by atoms with Gasteiger partial charge in [0.1, 0.15) is 11.6 Å². The van der Waals surface area contributed by atoms with Crippen molar-refractivity contribution >= 4 is 23.4 Å². The molecule has 0 spiro atoms. The number of nitrogens with zero attached hydrogens (tertiary/aromatic N) is 1. The highest BCUT2D eigenvalue weighted by atomic mass is 32.2. The van der Waals surface area contributed by atoms with Gasteiger partial charge in [-0.15, -0.1) is 0 Å². The molecule has 2 aliphatic rings. The first-order valence-electron chi connectivity index (χ1n) is 10.9. The predicted octanol–water partition coefficient (Wildman–Crippen LogP) is 5.40. The second-order valence-electron chi connectivity index (χ2n) is 9.35. The maximum absolute atomic E-state index is 14.1. The van der Waals surface area contributed by atoms with Crippen LogP contribution in [0.25, 0.3) is 0 Å². The summed E-state index contributed by atoms with van der Waals surface area (Å²) in [4.78, 5) is 34.1. The molecule has 0 bridgehead atoms. The maximum atomic E-state index is 14.1. The third-order valence-corrected chi connectivity index (χ3v) is 7.05. The van der Waals surface area contributed by atoms with Crippen LogP contribution in [-0.2, 0) is 10.5 Å². The number of benzene rings is 2. The fourth-order valence-corrected chi connectivity index (χ4v) is 5.52. The number of fused-ring (bicyclic) bond motifs is 1. The quantitative estimate of drug-likeness (QED) is 0.402. The second kappa shape index (κ2) is 8.30. The summed E-state index contributed by atoms with van der Waals surface area (Å²) in [6.45, 7) is 4.10. The van der Waals surface area contributed by atoms with Crippen molar-refractivity contribution in [2.45, 2.75) is 43.5 Å². The normalized spacial score (nSPS) is 19.0. The van der Waals surface area contributed by atoms with Crippen LogP contribution in [-0.4, -0.2) is 15.8 Å². The van der Waals surface area contributed by atoms with E-state index < -0.39 is 11.7 Å². The molecule has 1 aliphatic carbocycles. The van der Waals surface area contributed by atoms with Crippen molar-refractivity contribution in [1.29, 1.82) is 0 Å². The number of thioether (sulfide) groups is 1. The van der Waals surface area contributed by atoms with Crippen LogP contribution < -0.4 is 10.9 Å². The molecule has 0 fully saturated rings. The number of hydrogen-bond donors (Lipinski definition) is 2. The summed E-state index contributed by atoms with van der Waals surface area (Å²) >= 11 is 1.44. The molecule has 1 aliphatic heterocycles. The van der Waals surface area contributed by atoms with Gasteiger partial charge in [-0.2, -0.15) is 0 Å². The van der Waals surface area contributed by atoms with Crippen LogP contribution in [0.2, 0.25) is 0 Å². The van der Waals surface area contributed by atoms with Crippen molar-refractivity contribution < 1.29 is 9.18 Å². The zero-order valence-corrected chi connectivity index (χ0v) is 19.3. The van der Waals surface area contributed by atoms with Gasteiger partial charge in [-0.1, -0.05) is 68.1 Å². The highest BCUT2D eigenvalue weighted by Gasteiger charge is 2.42. The van der Waals surface area contributed by atoms with Crippen LogP contribution in [0, 0.1) is 11.2 Å². The molecule has 1 aromatic heterocycles. The minimum absolute atomic E-state index is 0.0180.